The molecule has 158 valence electrons. The van der Waals surface area contributed by atoms with Crippen LogP contribution in [-0.4, -0.2) is 34.1 Å². The van der Waals surface area contributed by atoms with Crippen molar-refractivity contribution >= 4 is 20.6 Å². The Morgan fingerprint density at radius 3 is 2.68 bits per heavy atom. The molecule has 5 rings (SSSR count). The summed E-state index contributed by atoms with van der Waals surface area (Å²) in [7, 11) is -1.94. The number of aryl methyl sites for hydroxylation is 1. The molecule has 0 radical (unpaired) electrons. The number of ether oxygens (including phenoxy) is 1. The van der Waals surface area contributed by atoms with E-state index in [1.165, 1.54) is 23.0 Å². The molecule has 1 atom stereocenters. The van der Waals surface area contributed by atoms with E-state index in [9.17, 15) is 13.2 Å². The van der Waals surface area contributed by atoms with Crippen LogP contribution in [0.3, 0.4) is 0 Å². The van der Waals surface area contributed by atoms with Gasteiger partial charge in [0, 0.05) is 25.1 Å². The fraction of sp³-hybridized carbons (Fsp3) is 0.227. The fourth-order valence-electron chi connectivity index (χ4n) is 3.85. The van der Waals surface area contributed by atoms with E-state index in [-0.39, 0.29) is 28.0 Å². The molecule has 0 bridgehead atoms. The molecule has 1 aliphatic rings. The summed E-state index contributed by atoms with van der Waals surface area (Å²) < 4.78 is 35.0. The van der Waals surface area contributed by atoms with E-state index in [1.54, 1.807) is 42.2 Å². The molecule has 0 saturated heterocycles. The highest BCUT2D eigenvalue weighted by atomic mass is 32.2. The predicted octanol–water partition coefficient (Wildman–Crippen LogP) is 2.33. The first-order valence-corrected chi connectivity index (χ1v) is 11.3. The van der Waals surface area contributed by atoms with Crippen LogP contribution in [0.1, 0.15) is 18.2 Å². The van der Waals surface area contributed by atoms with E-state index in [4.69, 9.17) is 4.74 Å². The first-order chi connectivity index (χ1) is 14.8. The van der Waals surface area contributed by atoms with Crippen LogP contribution in [0.2, 0.25) is 0 Å². The third-order valence-corrected chi connectivity index (χ3v) is 7.14. The summed E-state index contributed by atoms with van der Waals surface area (Å²) in [4.78, 5) is 13.2. The van der Waals surface area contributed by atoms with Crippen LogP contribution in [0.15, 0.2) is 69.4 Å². The second-order valence-electron chi connectivity index (χ2n) is 7.74. The van der Waals surface area contributed by atoms with Crippen molar-refractivity contribution in [2.24, 2.45) is 7.05 Å². The first kappa shape index (κ1) is 19.5. The maximum absolute atomic E-state index is 13.2. The van der Waals surface area contributed by atoms with Gasteiger partial charge in [-0.25, -0.2) is 13.1 Å². The monoisotopic (exact) mass is 436 g/mol. The normalized spacial score (nSPS) is 15.7. The largest absolute Gasteiger partial charge is 0.490 e. The van der Waals surface area contributed by atoms with Gasteiger partial charge in [-0.3, -0.25) is 9.48 Å². The minimum absolute atomic E-state index is 0.0351. The topological polar surface area (TPSA) is 96.1 Å². The molecule has 0 unspecified atom stereocenters. The highest BCUT2D eigenvalue weighted by Gasteiger charge is 2.24. The van der Waals surface area contributed by atoms with Crippen molar-refractivity contribution in [3.8, 4) is 5.75 Å². The van der Waals surface area contributed by atoms with Gasteiger partial charge in [-0.05, 0) is 55.0 Å². The molecule has 0 amide bonds. The quantitative estimate of drug-likeness (QED) is 0.487. The number of nitrogens with zero attached hydrogens (tertiary/aromatic N) is 4. The molecule has 0 fully saturated rings. The number of hydrogen-bond acceptors (Lipinski definition) is 6. The molecule has 0 aliphatic carbocycles. The average Bonchev–Trinajstić information content (AvgIpc) is 3.33. The summed E-state index contributed by atoms with van der Waals surface area (Å²) >= 11 is 0. The van der Waals surface area contributed by atoms with Gasteiger partial charge >= 0.3 is 0 Å². The van der Waals surface area contributed by atoms with Crippen LogP contribution in [0, 0.1) is 0 Å². The van der Waals surface area contributed by atoms with E-state index in [0.29, 0.717) is 22.9 Å². The zero-order valence-corrected chi connectivity index (χ0v) is 17.8. The summed E-state index contributed by atoms with van der Waals surface area (Å²) in [5.41, 5.74) is 1.30. The molecule has 2 aromatic heterocycles. The minimum Gasteiger partial charge on any atom is -0.490 e. The third kappa shape index (κ3) is 3.40. The molecule has 1 aliphatic heterocycles. The van der Waals surface area contributed by atoms with E-state index in [1.807, 2.05) is 13.0 Å². The number of fused-ring (bicyclic) bond motifs is 2. The van der Waals surface area contributed by atoms with Crippen LogP contribution in [0.4, 0.5) is 0 Å². The summed E-state index contributed by atoms with van der Waals surface area (Å²) in [6, 6.07) is 11.2. The van der Waals surface area contributed by atoms with Crippen LogP contribution >= 0.6 is 0 Å². The number of rotatable bonds is 4. The van der Waals surface area contributed by atoms with Crippen LogP contribution in [-0.2, 0) is 29.9 Å². The molecular weight excluding hydrogens is 416 g/mol. The lowest BCUT2D eigenvalue weighted by Crippen LogP contribution is -2.23. The average molecular weight is 436 g/mol. The zero-order valence-electron chi connectivity index (χ0n) is 17.0. The van der Waals surface area contributed by atoms with Gasteiger partial charge in [-0.1, -0.05) is 0 Å². The summed E-state index contributed by atoms with van der Waals surface area (Å²) in [6.07, 6.45) is 4.02. The van der Waals surface area contributed by atoms with Crippen LogP contribution in [0.5, 0.6) is 5.75 Å². The zero-order chi connectivity index (χ0) is 21.8. The van der Waals surface area contributed by atoms with Crippen molar-refractivity contribution in [3.63, 3.8) is 0 Å². The van der Waals surface area contributed by atoms with Crippen molar-refractivity contribution in [1.82, 2.24) is 19.6 Å². The number of sulfone groups is 1. The molecule has 2 aromatic carbocycles. The van der Waals surface area contributed by atoms with E-state index < -0.39 is 9.84 Å². The second-order valence-corrected chi connectivity index (χ2v) is 9.69. The standard InChI is InChI=1S/C22H20N4O4S/c1-14-9-15-10-19(4-6-21(15)30-14)31(28,29)18-3-5-20-16(11-18)12-23-26(22(20)27)13-17-7-8-25(2)24-17/h3-8,10-12,14H,9,13H2,1-2H3/t14-/m0/s1. The Labute approximate surface area is 178 Å². The number of benzene rings is 2. The van der Waals surface area contributed by atoms with E-state index >= 15 is 0 Å². The molecule has 9 heteroatoms. The van der Waals surface area contributed by atoms with Gasteiger partial charge in [0.05, 0.1) is 33.6 Å². The van der Waals surface area contributed by atoms with Crippen molar-refractivity contribution in [3.05, 3.63) is 76.5 Å². The van der Waals surface area contributed by atoms with Crippen molar-refractivity contribution in [2.75, 3.05) is 0 Å². The summed E-state index contributed by atoms with van der Waals surface area (Å²) in [5.74, 6) is 0.725. The maximum atomic E-state index is 13.2. The Hall–Kier alpha value is -3.46. The lowest BCUT2D eigenvalue weighted by molar-refractivity contribution is 0.254. The van der Waals surface area contributed by atoms with Crippen molar-refractivity contribution < 1.29 is 13.2 Å². The molecular formula is C22H20N4O4S. The highest BCUT2D eigenvalue weighted by Crippen LogP contribution is 2.33. The Balaban J connectivity index is 1.52. The van der Waals surface area contributed by atoms with Crippen LogP contribution < -0.4 is 10.3 Å². The molecule has 4 aromatic rings. The number of aromatic nitrogens is 4. The van der Waals surface area contributed by atoms with Gasteiger partial charge in [0.1, 0.15) is 11.9 Å². The molecule has 31 heavy (non-hydrogen) atoms. The Morgan fingerprint density at radius 1 is 1.13 bits per heavy atom. The first-order valence-electron chi connectivity index (χ1n) is 9.84. The van der Waals surface area contributed by atoms with Crippen LogP contribution in [0.25, 0.3) is 10.8 Å². The highest BCUT2D eigenvalue weighted by molar-refractivity contribution is 7.91. The van der Waals surface area contributed by atoms with E-state index in [2.05, 4.69) is 10.2 Å². The molecule has 0 N–H and O–H groups in total. The molecule has 3 heterocycles. The summed E-state index contributed by atoms with van der Waals surface area (Å²) in [5, 5.41) is 9.35. The second kappa shape index (κ2) is 7.05. The van der Waals surface area contributed by atoms with Crippen molar-refractivity contribution in [2.45, 2.75) is 35.8 Å². The van der Waals surface area contributed by atoms with E-state index in [0.717, 1.165) is 11.3 Å². The lowest BCUT2D eigenvalue weighted by atomic mass is 10.1. The fourth-order valence-corrected chi connectivity index (χ4v) is 5.19. The Morgan fingerprint density at radius 2 is 1.90 bits per heavy atom. The van der Waals surface area contributed by atoms with Gasteiger partial charge in [-0.2, -0.15) is 10.2 Å². The molecule has 0 spiro atoms. The SMILES string of the molecule is C[C@H]1Cc2cc(S(=O)(=O)c3ccc4c(=O)n(Cc5ccn(C)n5)ncc4c3)ccc2O1. The minimum atomic E-state index is -3.74. The molecule has 0 saturated carbocycles. The number of hydrogen-bond donors (Lipinski definition) is 0. The van der Waals surface area contributed by atoms with Gasteiger partial charge < -0.3 is 4.74 Å². The van der Waals surface area contributed by atoms with Gasteiger partial charge in [0.15, 0.2) is 0 Å². The van der Waals surface area contributed by atoms with Gasteiger partial charge in [0.2, 0.25) is 9.84 Å². The summed E-state index contributed by atoms with van der Waals surface area (Å²) in [6.45, 7) is 2.19. The predicted molar refractivity (Wildman–Crippen MR) is 114 cm³/mol. The third-order valence-electron chi connectivity index (χ3n) is 5.39. The smallest absolute Gasteiger partial charge is 0.274 e. The Kier molecular flexibility index (Phi) is 4.44. The van der Waals surface area contributed by atoms with Gasteiger partial charge in [-0.15, -0.1) is 0 Å². The maximum Gasteiger partial charge on any atom is 0.274 e. The van der Waals surface area contributed by atoms with Crippen molar-refractivity contribution in [1.29, 1.82) is 0 Å². The Bertz CT molecular complexity index is 1490. The lowest BCUT2D eigenvalue weighted by Gasteiger charge is -2.09. The molecule has 8 nitrogen and oxygen atoms in total. The van der Waals surface area contributed by atoms with Gasteiger partial charge in [0.25, 0.3) is 5.56 Å².